The molecule has 4 heteroatoms. The van der Waals surface area contributed by atoms with Crippen LogP contribution >= 0.6 is 15.9 Å². The van der Waals surface area contributed by atoms with Crippen LogP contribution in [0.5, 0.6) is 5.75 Å². The molecule has 0 radical (unpaired) electrons. The number of carbonyl (C=O) groups is 1. The maximum atomic E-state index is 11.5. The molecule has 0 aliphatic carbocycles. The molecule has 1 unspecified atom stereocenters. The van der Waals surface area contributed by atoms with Gasteiger partial charge < -0.3 is 10.8 Å². The van der Waals surface area contributed by atoms with Gasteiger partial charge in [-0.05, 0) is 41.4 Å². The Kier molecular flexibility index (Phi) is 3.29. The number of nitrogens with two attached hydrogens (primary N) is 1. The minimum Gasteiger partial charge on any atom is -0.506 e. The summed E-state index contributed by atoms with van der Waals surface area (Å²) in [5, 5.41) is 9.67. The smallest absolute Gasteiger partial charge is 0.182 e. The summed E-state index contributed by atoms with van der Waals surface area (Å²) in [4.78, 5) is 11.5. The third kappa shape index (κ3) is 1.96. The number of phenols is 1. The molecule has 14 heavy (non-hydrogen) atoms. The minimum absolute atomic E-state index is 0.0349. The van der Waals surface area contributed by atoms with Gasteiger partial charge in [-0.25, -0.2) is 0 Å². The molecule has 0 fully saturated rings. The second-order valence-electron chi connectivity index (χ2n) is 3.25. The Morgan fingerprint density at radius 2 is 2.14 bits per heavy atom. The number of rotatable bonds is 2. The molecule has 1 aromatic rings. The van der Waals surface area contributed by atoms with E-state index in [0.29, 0.717) is 4.47 Å². The number of carbonyl (C=O) groups excluding carboxylic acids is 1. The van der Waals surface area contributed by atoms with Crippen LogP contribution in [-0.4, -0.2) is 16.9 Å². The van der Waals surface area contributed by atoms with Crippen molar-refractivity contribution in [1.29, 1.82) is 0 Å². The molecule has 3 nitrogen and oxygen atoms in total. The van der Waals surface area contributed by atoms with E-state index < -0.39 is 6.04 Å². The van der Waals surface area contributed by atoms with Crippen molar-refractivity contribution in [3.63, 3.8) is 0 Å². The molecular formula is C10H12BrNO2. The van der Waals surface area contributed by atoms with Crippen molar-refractivity contribution >= 4 is 21.7 Å². The molecule has 0 aromatic heterocycles. The number of hydrogen-bond donors (Lipinski definition) is 2. The van der Waals surface area contributed by atoms with Crippen LogP contribution in [0.15, 0.2) is 16.6 Å². The first-order valence-corrected chi connectivity index (χ1v) is 5.02. The van der Waals surface area contributed by atoms with Gasteiger partial charge in [0.25, 0.3) is 0 Å². The van der Waals surface area contributed by atoms with E-state index >= 15 is 0 Å². The lowest BCUT2D eigenvalue weighted by molar-refractivity contribution is 0.0965. The fourth-order valence-electron chi connectivity index (χ4n) is 1.11. The molecule has 76 valence electrons. The SMILES string of the molecule is Cc1ccc(C(=O)C(C)N)c(O)c1Br. The maximum absolute atomic E-state index is 11.5. The van der Waals surface area contributed by atoms with Gasteiger partial charge in [0.15, 0.2) is 5.78 Å². The first kappa shape index (κ1) is 11.2. The third-order valence-electron chi connectivity index (χ3n) is 1.99. The predicted molar refractivity (Wildman–Crippen MR) is 58.5 cm³/mol. The van der Waals surface area contributed by atoms with Crippen LogP contribution in [0.2, 0.25) is 0 Å². The molecule has 0 aliphatic heterocycles. The number of halogens is 1. The van der Waals surface area contributed by atoms with Crippen LogP contribution in [0.1, 0.15) is 22.8 Å². The molecule has 1 aromatic carbocycles. The molecule has 0 saturated carbocycles. The van der Waals surface area contributed by atoms with E-state index in [1.165, 1.54) is 0 Å². The lowest BCUT2D eigenvalue weighted by Gasteiger charge is -2.09. The highest BCUT2D eigenvalue weighted by Gasteiger charge is 2.17. The van der Waals surface area contributed by atoms with Crippen LogP contribution in [0.4, 0.5) is 0 Å². The van der Waals surface area contributed by atoms with Gasteiger partial charge in [0.2, 0.25) is 0 Å². The summed E-state index contributed by atoms with van der Waals surface area (Å²) in [5.74, 6) is -0.296. The zero-order chi connectivity index (χ0) is 10.9. The Balaban J connectivity index is 3.24. The zero-order valence-corrected chi connectivity index (χ0v) is 9.63. The maximum Gasteiger partial charge on any atom is 0.182 e. The summed E-state index contributed by atoms with van der Waals surface area (Å²) in [6.07, 6.45) is 0. The van der Waals surface area contributed by atoms with Gasteiger partial charge in [-0.2, -0.15) is 0 Å². The first-order valence-electron chi connectivity index (χ1n) is 4.23. The number of hydrogen-bond acceptors (Lipinski definition) is 3. The zero-order valence-electron chi connectivity index (χ0n) is 8.04. The fraction of sp³-hybridized carbons (Fsp3) is 0.300. The van der Waals surface area contributed by atoms with Gasteiger partial charge in [0.05, 0.1) is 16.1 Å². The summed E-state index contributed by atoms with van der Waals surface area (Å²) >= 11 is 3.20. The van der Waals surface area contributed by atoms with E-state index in [0.717, 1.165) is 5.56 Å². The lowest BCUT2D eigenvalue weighted by Crippen LogP contribution is -2.26. The van der Waals surface area contributed by atoms with Crippen LogP contribution in [0, 0.1) is 6.92 Å². The van der Waals surface area contributed by atoms with Crippen LogP contribution in [0.25, 0.3) is 0 Å². The highest BCUT2D eigenvalue weighted by Crippen LogP contribution is 2.31. The van der Waals surface area contributed by atoms with Crippen molar-refractivity contribution in [3.8, 4) is 5.75 Å². The van der Waals surface area contributed by atoms with Gasteiger partial charge in [-0.15, -0.1) is 0 Å². The lowest BCUT2D eigenvalue weighted by atomic mass is 10.0. The summed E-state index contributed by atoms with van der Waals surface area (Å²) in [6.45, 7) is 3.43. The molecule has 1 atom stereocenters. The molecular weight excluding hydrogens is 246 g/mol. The van der Waals surface area contributed by atoms with Crippen LogP contribution in [0.3, 0.4) is 0 Å². The quantitative estimate of drug-likeness (QED) is 0.797. The third-order valence-corrected chi connectivity index (χ3v) is 2.99. The van der Waals surface area contributed by atoms with Crippen LogP contribution in [-0.2, 0) is 0 Å². The fourth-order valence-corrected chi connectivity index (χ4v) is 1.46. The van der Waals surface area contributed by atoms with E-state index in [2.05, 4.69) is 15.9 Å². The van der Waals surface area contributed by atoms with Gasteiger partial charge in [0, 0.05) is 0 Å². The van der Waals surface area contributed by atoms with E-state index in [1.807, 2.05) is 6.92 Å². The van der Waals surface area contributed by atoms with Crippen molar-refractivity contribution in [3.05, 3.63) is 27.7 Å². The summed E-state index contributed by atoms with van der Waals surface area (Å²) < 4.78 is 0.545. The van der Waals surface area contributed by atoms with Gasteiger partial charge in [0.1, 0.15) is 5.75 Å². The number of aromatic hydroxyl groups is 1. The molecule has 0 aliphatic rings. The topological polar surface area (TPSA) is 63.3 Å². The number of benzene rings is 1. The molecule has 0 heterocycles. The molecule has 0 bridgehead atoms. The second-order valence-corrected chi connectivity index (χ2v) is 4.04. The molecule has 0 amide bonds. The highest BCUT2D eigenvalue weighted by molar-refractivity contribution is 9.10. The Hall–Kier alpha value is -0.870. The van der Waals surface area contributed by atoms with Gasteiger partial charge in [-0.1, -0.05) is 6.07 Å². The summed E-state index contributed by atoms with van der Waals surface area (Å²) in [5.41, 5.74) is 6.59. The van der Waals surface area contributed by atoms with Gasteiger partial charge >= 0.3 is 0 Å². The monoisotopic (exact) mass is 257 g/mol. The molecule has 3 N–H and O–H groups in total. The summed E-state index contributed by atoms with van der Waals surface area (Å²) in [7, 11) is 0. The Bertz CT molecular complexity index is 375. The normalized spacial score (nSPS) is 12.6. The molecule has 1 rings (SSSR count). The van der Waals surface area contributed by atoms with E-state index in [-0.39, 0.29) is 17.1 Å². The van der Waals surface area contributed by atoms with E-state index in [4.69, 9.17) is 5.73 Å². The van der Waals surface area contributed by atoms with Crippen molar-refractivity contribution in [2.45, 2.75) is 19.9 Å². The number of Topliss-reactive ketones (excluding diaryl/α,β-unsaturated/α-hetero) is 1. The molecule has 0 spiro atoms. The Morgan fingerprint density at radius 3 is 2.64 bits per heavy atom. The predicted octanol–water partition coefficient (Wildman–Crippen LogP) is 1.99. The van der Waals surface area contributed by atoms with Gasteiger partial charge in [-0.3, -0.25) is 4.79 Å². The van der Waals surface area contributed by atoms with E-state index in [1.54, 1.807) is 19.1 Å². The first-order chi connectivity index (χ1) is 6.45. The van der Waals surface area contributed by atoms with Crippen LogP contribution < -0.4 is 5.73 Å². The van der Waals surface area contributed by atoms with Crippen molar-refractivity contribution < 1.29 is 9.90 Å². The van der Waals surface area contributed by atoms with Crippen molar-refractivity contribution in [2.75, 3.05) is 0 Å². The minimum atomic E-state index is -0.601. The Labute approximate surface area is 91.1 Å². The largest absolute Gasteiger partial charge is 0.506 e. The molecule has 0 saturated heterocycles. The number of aryl methyl sites for hydroxylation is 1. The second kappa shape index (κ2) is 4.11. The Morgan fingerprint density at radius 1 is 1.57 bits per heavy atom. The van der Waals surface area contributed by atoms with E-state index in [9.17, 15) is 9.90 Å². The highest BCUT2D eigenvalue weighted by atomic mass is 79.9. The number of phenolic OH excluding ortho intramolecular Hbond substituents is 1. The standard InChI is InChI=1S/C10H12BrNO2/c1-5-3-4-7(9(13)6(2)12)10(14)8(5)11/h3-4,6,14H,12H2,1-2H3. The number of ketones is 1. The average Bonchev–Trinajstić information content (AvgIpc) is 2.13. The van der Waals surface area contributed by atoms with Crippen molar-refractivity contribution in [1.82, 2.24) is 0 Å². The summed E-state index contributed by atoms with van der Waals surface area (Å²) in [6, 6.07) is 2.75. The van der Waals surface area contributed by atoms with Crippen molar-refractivity contribution in [2.24, 2.45) is 5.73 Å². The average molecular weight is 258 g/mol.